The monoisotopic (exact) mass is 531 g/mol. The fraction of sp³-hybridized carbons (Fsp3) is 0.577. The normalized spacial score (nSPS) is 25.1. The van der Waals surface area contributed by atoms with Crippen molar-refractivity contribution in [1.82, 2.24) is 19.5 Å². The van der Waals surface area contributed by atoms with Crippen molar-refractivity contribution in [2.24, 2.45) is 5.41 Å². The van der Waals surface area contributed by atoms with Crippen molar-refractivity contribution < 1.29 is 13.9 Å². The van der Waals surface area contributed by atoms with Crippen molar-refractivity contribution in [3.8, 4) is 0 Å². The predicted octanol–water partition coefficient (Wildman–Crippen LogP) is 5.98. The Morgan fingerprint density at radius 1 is 1.19 bits per heavy atom. The minimum Gasteiger partial charge on any atom is -0.410 e. The van der Waals surface area contributed by atoms with Gasteiger partial charge in [-0.05, 0) is 41.7 Å². The van der Waals surface area contributed by atoms with Gasteiger partial charge < -0.3 is 19.6 Å². The van der Waals surface area contributed by atoms with Crippen LogP contribution in [0.5, 0.6) is 0 Å². The third kappa shape index (κ3) is 5.04. The number of anilines is 1. The average molecular weight is 532 g/mol. The van der Waals surface area contributed by atoms with Gasteiger partial charge in [-0.3, -0.25) is 4.57 Å². The number of hydrogen-bond donors (Lipinski definition) is 1. The summed E-state index contributed by atoms with van der Waals surface area (Å²) in [7, 11) is -2.13. The molecule has 8 nitrogen and oxygen atoms in total. The molecule has 0 aliphatic carbocycles. The number of hydrogen-bond acceptors (Lipinski definition) is 7. The molecule has 0 bridgehead atoms. The average Bonchev–Trinajstić information content (AvgIpc) is 3.33. The van der Waals surface area contributed by atoms with Gasteiger partial charge in [0.05, 0.1) is 37.2 Å². The van der Waals surface area contributed by atoms with Crippen LogP contribution in [0.3, 0.4) is 0 Å². The third-order valence-electron chi connectivity index (χ3n) is 7.68. The second kappa shape index (κ2) is 10.0. The second-order valence-corrected chi connectivity index (χ2v) is 16.5. The Morgan fingerprint density at radius 3 is 2.53 bits per heavy atom. The van der Waals surface area contributed by atoms with Crippen LogP contribution in [0, 0.1) is 5.41 Å². The number of benzene rings is 1. The van der Waals surface area contributed by atoms with Gasteiger partial charge in [0.15, 0.2) is 19.8 Å². The van der Waals surface area contributed by atoms with Gasteiger partial charge in [0, 0.05) is 0 Å². The van der Waals surface area contributed by atoms with Crippen LogP contribution < -0.4 is 5.73 Å². The molecular formula is C26H38ClN5O3Si. The van der Waals surface area contributed by atoms with E-state index in [1.54, 1.807) is 6.33 Å². The Labute approximate surface area is 219 Å². The molecule has 0 spiro atoms. The summed E-state index contributed by atoms with van der Waals surface area (Å²) in [4.78, 5) is 13.0. The van der Waals surface area contributed by atoms with Crippen LogP contribution >= 0.6 is 11.6 Å². The maximum atomic E-state index is 7.09. The molecule has 3 heterocycles. The second-order valence-electron chi connectivity index (χ2n) is 11.4. The highest BCUT2D eigenvalue weighted by atomic mass is 35.5. The first-order chi connectivity index (χ1) is 16.9. The van der Waals surface area contributed by atoms with E-state index in [1.807, 2.05) is 22.8 Å². The molecular weight excluding hydrogens is 494 g/mol. The largest absolute Gasteiger partial charge is 0.410 e. The Morgan fingerprint density at radius 2 is 1.89 bits per heavy atom. The van der Waals surface area contributed by atoms with Crippen molar-refractivity contribution in [1.29, 1.82) is 0 Å². The zero-order valence-electron chi connectivity index (χ0n) is 22.3. The smallest absolute Gasteiger partial charge is 0.226 e. The number of fused-ring (bicyclic) bond motifs is 1. The standard InChI is InChI=1S/C26H38ClN5O3Si/c1-8-18-20(35-36(6,7)25(2,3)4)26(5,15-33-14-17-12-10-9-11-13-17)23(34-18)32-16-29-19-21(28)30-24(27)31-22(19)32/h9-13,16,18,20,23H,8,14-15H2,1-7H3,(H2,28,30,31)/t18-,20?,23-,26+/m1/s1. The van der Waals surface area contributed by atoms with Crippen LogP contribution in [0.15, 0.2) is 36.7 Å². The molecule has 4 atom stereocenters. The number of imidazole rings is 1. The SMILES string of the molecule is CC[C@H]1O[C@@H](n2cnc3c(N)nc(Cl)nc32)[C@@](C)(COCc2ccccc2)C1O[Si](C)(C)C(C)(C)C. The molecule has 0 saturated carbocycles. The quantitative estimate of drug-likeness (QED) is 0.282. The lowest BCUT2D eigenvalue weighted by atomic mass is 9.82. The number of aromatic nitrogens is 4. The van der Waals surface area contributed by atoms with E-state index in [0.29, 0.717) is 24.4 Å². The highest BCUT2D eigenvalue weighted by Crippen LogP contribution is 2.51. The predicted molar refractivity (Wildman–Crippen MR) is 145 cm³/mol. The highest BCUT2D eigenvalue weighted by molar-refractivity contribution is 6.74. The Balaban J connectivity index is 1.75. The van der Waals surface area contributed by atoms with Gasteiger partial charge in [-0.15, -0.1) is 0 Å². The Bertz CT molecular complexity index is 1200. The third-order valence-corrected chi connectivity index (χ3v) is 12.3. The molecule has 10 heteroatoms. The summed E-state index contributed by atoms with van der Waals surface area (Å²) in [6.45, 7) is 16.5. The Kier molecular flexibility index (Phi) is 7.52. The summed E-state index contributed by atoms with van der Waals surface area (Å²) in [6, 6.07) is 10.2. The fourth-order valence-corrected chi connectivity index (χ4v) is 6.14. The van der Waals surface area contributed by atoms with E-state index >= 15 is 0 Å². The van der Waals surface area contributed by atoms with Crippen molar-refractivity contribution >= 4 is 36.9 Å². The molecule has 2 N–H and O–H groups in total. The van der Waals surface area contributed by atoms with Crippen LogP contribution in [-0.4, -0.2) is 46.7 Å². The molecule has 196 valence electrons. The summed E-state index contributed by atoms with van der Waals surface area (Å²) in [6.07, 6.45) is 1.75. The zero-order chi connectivity index (χ0) is 26.3. The minimum absolute atomic E-state index is 0.0477. The number of nitrogen functional groups attached to an aromatic ring is 1. The van der Waals surface area contributed by atoms with E-state index < -0.39 is 20.0 Å². The molecule has 3 aromatic rings. The maximum absolute atomic E-state index is 7.09. The number of ether oxygens (including phenoxy) is 2. The van der Waals surface area contributed by atoms with Crippen LogP contribution in [0.2, 0.25) is 23.4 Å². The molecule has 1 aliphatic heterocycles. The van der Waals surface area contributed by atoms with E-state index in [2.05, 4.69) is 74.8 Å². The van der Waals surface area contributed by atoms with Gasteiger partial charge in [0.1, 0.15) is 11.7 Å². The topological polar surface area (TPSA) is 97.3 Å². The van der Waals surface area contributed by atoms with Gasteiger partial charge in [0.25, 0.3) is 0 Å². The van der Waals surface area contributed by atoms with Gasteiger partial charge in [-0.1, -0.05) is 65.0 Å². The van der Waals surface area contributed by atoms with Crippen molar-refractivity contribution in [2.75, 3.05) is 12.3 Å². The zero-order valence-corrected chi connectivity index (χ0v) is 24.0. The lowest BCUT2D eigenvalue weighted by molar-refractivity contribution is -0.0700. The summed E-state index contributed by atoms with van der Waals surface area (Å²) < 4.78 is 22.1. The summed E-state index contributed by atoms with van der Waals surface area (Å²) in [5.74, 6) is 0.241. The molecule has 0 radical (unpaired) electrons. The lowest BCUT2D eigenvalue weighted by Crippen LogP contribution is -2.52. The molecule has 1 aliphatic rings. The van der Waals surface area contributed by atoms with Crippen LogP contribution in [-0.2, 0) is 20.5 Å². The molecule has 2 aromatic heterocycles. The van der Waals surface area contributed by atoms with E-state index in [0.717, 1.165) is 12.0 Å². The Hall–Kier alpha value is -2.04. The highest BCUT2D eigenvalue weighted by Gasteiger charge is 2.57. The number of nitrogens with two attached hydrogens (primary N) is 1. The van der Waals surface area contributed by atoms with Gasteiger partial charge >= 0.3 is 0 Å². The van der Waals surface area contributed by atoms with Crippen molar-refractivity contribution in [2.45, 2.75) is 84.2 Å². The summed E-state index contributed by atoms with van der Waals surface area (Å²) >= 11 is 6.18. The molecule has 1 saturated heterocycles. The van der Waals surface area contributed by atoms with E-state index in [1.165, 1.54) is 0 Å². The van der Waals surface area contributed by atoms with Gasteiger partial charge in [0.2, 0.25) is 5.28 Å². The fourth-order valence-electron chi connectivity index (χ4n) is 4.55. The summed E-state index contributed by atoms with van der Waals surface area (Å²) in [5, 5.41) is 0.120. The van der Waals surface area contributed by atoms with Crippen LogP contribution in [0.25, 0.3) is 11.2 Å². The van der Waals surface area contributed by atoms with E-state index in [9.17, 15) is 0 Å². The first-order valence-corrected chi connectivity index (χ1v) is 15.8. The maximum Gasteiger partial charge on any atom is 0.226 e. The molecule has 1 aromatic carbocycles. The van der Waals surface area contributed by atoms with Crippen molar-refractivity contribution in [3.05, 3.63) is 47.5 Å². The molecule has 36 heavy (non-hydrogen) atoms. The van der Waals surface area contributed by atoms with Crippen LogP contribution in [0.1, 0.15) is 52.8 Å². The molecule has 1 unspecified atom stereocenters. The molecule has 0 amide bonds. The van der Waals surface area contributed by atoms with Gasteiger partial charge in [-0.25, -0.2) is 4.98 Å². The number of rotatable bonds is 8. The number of halogens is 1. The first-order valence-electron chi connectivity index (χ1n) is 12.5. The van der Waals surface area contributed by atoms with Gasteiger partial charge in [-0.2, -0.15) is 9.97 Å². The summed E-state index contributed by atoms with van der Waals surface area (Å²) in [5.41, 5.74) is 7.71. The lowest BCUT2D eigenvalue weighted by Gasteiger charge is -2.44. The number of nitrogens with zero attached hydrogens (tertiary/aromatic N) is 4. The van der Waals surface area contributed by atoms with E-state index in [-0.39, 0.29) is 28.3 Å². The first kappa shape index (κ1) is 27.0. The van der Waals surface area contributed by atoms with Crippen LogP contribution in [0.4, 0.5) is 5.82 Å². The van der Waals surface area contributed by atoms with E-state index in [4.69, 9.17) is 31.2 Å². The molecule has 4 rings (SSSR count). The van der Waals surface area contributed by atoms with Crippen molar-refractivity contribution in [3.63, 3.8) is 0 Å². The minimum atomic E-state index is -2.13. The molecule has 1 fully saturated rings.